The molecule has 7 heteroatoms. The number of carbonyl (C=O) groups is 4. The fourth-order valence-electron chi connectivity index (χ4n) is 5.44. The predicted molar refractivity (Wildman–Crippen MR) is 131 cm³/mol. The maximum Gasteiger partial charge on any atom is 0.241 e. The summed E-state index contributed by atoms with van der Waals surface area (Å²) in [5, 5.41) is 0. The molecule has 6 rings (SSSR count). The number of para-hydroxylation sites is 1. The third-order valence-electron chi connectivity index (χ3n) is 7.02. The van der Waals surface area contributed by atoms with Crippen LogP contribution >= 0.6 is 22.6 Å². The zero-order valence-corrected chi connectivity index (χ0v) is 20.2. The summed E-state index contributed by atoms with van der Waals surface area (Å²) >= 11 is 2.07. The maximum absolute atomic E-state index is 13.9. The molecule has 1 aliphatic carbocycles. The molecule has 0 N–H and O–H groups in total. The summed E-state index contributed by atoms with van der Waals surface area (Å²) in [4.78, 5) is 56.3. The lowest BCUT2D eigenvalue weighted by Gasteiger charge is -2.27. The molecule has 1 spiro atoms. The van der Waals surface area contributed by atoms with Crippen molar-refractivity contribution in [3.63, 3.8) is 0 Å². The van der Waals surface area contributed by atoms with Gasteiger partial charge in [0.15, 0.2) is 0 Å². The molecule has 0 unspecified atom stereocenters. The minimum atomic E-state index is -2.05. The summed E-state index contributed by atoms with van der Waals surface area (Å²) < 4.78 is 7.01. The second kappa shape index (κ2) is 7.41. The van der Waals surface area contributed by atoms with E-state index in [4.69, 9.17) is 4.74 Å². The molecule has 3 atom stereocenters. The number of hydrogen-bond acceptors (Lipinski definition) is 5. The van der Waals surface area contributed by atoms with E-state index in [9.17, 15) is 19.2 Å². The van der Waals surface area contributed by atoms with Crippen molar-refractivity contribution in [3.05, 3.63) is 98.6 Å². The van der Waals surface area contributed by atoms with Gasteiger partial charge in [0.1, 0.15) is 0 Å². The Morgan fingerprint density at radius 2 is 1.38 bits per heavy atom. The summed E-state index contributed by atoms with van der Waals surface area (Å²) in [5.41, 5.74) is 0.516. The zero-order chi connectivity index (χ0) is 23.8. The minimum absolute atomic E-state index is 0.226. The molecule has 0 aromatic heterocycles. The lowest BCUT2D eigenvalue weighted by atomic mass is 9.77. The SMILES string of the molecule is Cc1ccc([C@H]2OC3(C(=O)c4ccccc4C3=O)[C@@H]3C(=O)N(c4ccccc4I)C(=O)[C@@H]23)cc1. The summed E-state index contributed by atoms with van der Waals surface area (Å²) in [6, 6.07) is 20.9. The van der Waals surface area contributed by atoms with Gasteiger partial charge in [-0.25, -0.2) is 4.90 Å². The van der Waals surface area contributed by atoms with Gasteiger partial charge in [-0.1, -0.05) is 66.2 Å². The Kier molecular flexibility index (Phi) is 4.66. The van der Waals surface area contributed by atoms with E-state index in [0.29, 0.717) is 11.3 Å². The monoisotopic (exact) mass is 563 g/mol. The molecule has 2 heterocycles. The molecule has 0 bridgehead atoms. The average Bonchev–Trinajstić information content (AvgIpc) is 3.40. The molecule has 6 nitrogen and oxygen atoms in total. The van der Waals surface area contributed by atoms with Gasteiger partial charge in [0.2, 0.25) is 29.0 Å². The van der Waals surface area contributed by atoms with Crippen molar-refractivity contribution in [1.29, 1.82) is 0 Å². The van der Waals surface area contributed by atoms with Crippen LogP contribution in [0.1, 0.15) is 37.9 Å². The first-order chi connectivity index (χ1) is 16.4. The molecule has 3 aromatic carbocycles. The molecule has 168 valence electrons. The van der Waals surface area contributed by atoms with E-state index in [2.05, 4.69) is 22.6 Å². The van der Waals surface area contributed by atoms with Crippen LogP contribution in [-0.2, 0) is 14.3 Å². The van der Waals surface area contributed by atoms with E-state index < -0.39 is 46.9 Å². The van der Waals surface area contributed by atoms with E-state index in [1.807, 2.05) is 37.3 Å². The van der Waals surface area contributed by atoms with Crippen molar-refractivity contribution in [2.75, 3.05) is 4.90 Å². The third kappa shape index (κ3) is 2.65. The Bertz CT molecular complexity index is 1380. The number of ketones is 2. The Labute approximate surface area is 209 Å². The van der Waals surface area contributed by atoms with E-state index in [0.717, 1.165) is 14.0 Å². The number of Topliss-reactive ketones (excluding diaryl/α,β-unsaturated/α-hetero) is 2. The first-order valence-corrected chi connectivity index (χ1v) is 12.0. The van der Waals surface area contributed by atoms with Crippen molar-refractivity contribution in [2.24, 2.45) is 11.8 Å². The fraction of sp³-hybridized carbons (Fsp3) is 0.185. The average molecular weight is 563 g/mol. The van der Waals surface area contributed by atoms with Crippen molar-refractivity contribution >= 4 is 51.7 Å². The van der Waals surface area contributed by atoms with Crippen LogP contribution in [0.15, 0.2) is 72.8 Å². The van der Waals surface area contributed by atoms with Gasteiger partial charge in [0.25, 0.3) is 0 Å². The number of halogens is 1. The van der Waals surface area contributed by atoms with Gasteiger partial charge in [0, 0.05) is 14.7 Å². The quantitative estimate of drug-likeness (QED) is 0.264. The van der Waals surface area contributed by atoms with Crippen LogP contribution in [0.2, 0.25) is 0 Å². The standard InChI is InChI=1S/C27H18INO5/c1-14-10-12-15(13-11-14)22-20-21(26(33)29(25(20)32)19-9-5-4-8-18(19)28)27(34-22)23(30)16-6-2-3-7-17(16)24(27)31/h2-13,20-22H,1H3/t20-,21+,22-/m1/s1. The molecular formula is C27H18INO5. The van der Waals surface area contributed by atoms with Gasteiger partial charge in [-0.15, -0.1) is 0 Å². The van der Waals surface area contributed by atoms with Crippen LogP contribution < -0.4 is 4.90 Å². The van der Waals surface area contributed by atoms with Crippen LogP contribution in [0.3, 0.4) is 0 Å². The van der Waals surface area contributed by atoms with E-state index in [-0.39, 0.29) is 11.1 Å². The number of carbonyl (C=O) groups excluding carboxylic acids is 4. The van der Waals surface area contributed by atoms with Gasteiger partial charge in [-0.3, -0.25) is 19.2 Å². The van der Waals surface area contributed by atoms with Crippen LogP contribution in [-0.4, -0.2) is 29.0 Å². The molecule has 0 radical (unpaired) electrons. The normalized spacial score (nSPS) is 24.8. The fourth-order valence-corrected chi connectivity index (χ4v) is 6.07. The van der Waals surface area contributed by atoms with Crippen LogP contribution in [0, 0.1) is 22.3 Å². The van der Waals surface area contributed by atoms with Gasteiger partial charge >= 0.3 is 0 Å². The van der Waals surface area contributed by atoms with Gasteiger partial charge in [-0.2, -0.15) is 0 Å². The highest BCUT2D eigenvalue weighted by Crippen LogP contribution is 2.57. The number of anilines is 1. The molecule has 2 amide bonds. The molecule has 2 aliphatic heterocycles. The molecule has 0 saturated carbocycles. The summed E-state index contributed by atoms with van der Waals surface area (Å²) in [6.07, 6.45) is -0.907. The molecule has 34 heavy (non-hydrogen) atoms. The Hall–Kier alpha value is -3.17. The van der Waals surface area contributed by atoms with Crippen molar-refractivity contribution in [1.82, 2.24) is 0 Å². The predicted octanol–water partition coefficient (Wildman–Crippen LogP) is 4.29. The van der Waals surface area contributed by atoms with Crippen molar-refractivity contribution in [2.45, 2.75) is 18.6 Å². The number of aryl methyl sites for hydroxylation is 1. The highest BCUT2D eigenvalue weighted by Gasteiger charge is 2.74. The number of amides is 2. The number of imide groups is 1. The molecular weight excluding hydrogens is 545 g/mol. The van der Waals surface area contributed by atoms with E-state index in [1.165, 1.54) is 0 Å². The van der Waals surface area contributed by atoms with Crippen molar-refractivity contribution in [3.8, 4) is 0 Å². The van der Waals surface area contributed by atoms with Gasteiger partial charge in [0.05, 0.1) is 23.6 Å². The minimum Gasteiger partial charge on any atom is -0.349 e. The van der Waals surface area contributed by atoms with Crippen LogP contribution in [0.4, 0.5) is 5.69 Å². The maximum atomic E-state index is 13.9. The van der Waals surface area contributed by atoms with Crippen molar-refractivity contribution < 1.29 is 23.9 Å². The highest BCUT2D eigenvalue weighted by molar-refractivity contribution is 14.1. The number of rotatable bonds is 2. The zero-order valence-electron chi connectivity index (χ0n) is 18.0. The van der Waals surface area contributed by atoms with E-state index >= 15 is 0 Å². The smallest absolute Gasteiger partial charge is 0.241 e. The number of hydrogen-bond donors (Lipinski definition) is 0. The van der Waals surface area contributed by atoms with Gasteiger partial charge < -0.3 is 4.74 Å². The molecule has 2 saturated heterocycles. The van der Waals surface area contributed by atoms with E-state index in [1.54, 1.807) is 42.5 Å². The first-order valence-electron chi connectivity index (χ1n) is 10.9. The largest absolute Gasteiger partial charge is 0.349 e. The number of fused-ring (bicyclic) bond motifs is 3. The summed E-state index contributed by atoms with van der Waals surface area (Å²) in [7, 11) is 0. The molecule has 3 aromatic rings. The Morgan fingerprint density at radius 1 is 0.794 bits per heavy atom. The lowest BCUT2D eigenvalue weighted by Crippen LogP contribution is -2.51. The van der Waals surface area contributed by atoms with Crippen LogP contribution in [0.5, 0.6) is 0 Å². The third-order valence-corrected chi connectivity index (χ3v) is 7.93. The number of ether oxygens (including phenoxy) is 1. The highest BCUT2D eigenvalue weighted by atomic mass is 127. The van der Waals surface area contributed by atoms with Gasteiger partial charge in [-0.05, 0) is 47.2 Å². The Balaban J connectivity index is 1.56. The molecule has 3 aliphatic rings. The first kappa shape index (κ1) is 21.4. The molecule has 2 fully saturated rings. The Morgan fingerprint density at radius 3 is 2.00 bits per heavy atom. The summed E-state index contributed by atoms with van der Waals surface area (Å²) in [6.45, 7) is 1.94. The van der Waals surface area contributed by atoms with Crippen LogP contribution in [0.25, 0.3) is 0 Å². The second-order valence-corrected chi connectivity index (χ2v) is 10.0. The number of benzene rings is 3. The second-order valence-electron chi connectivity index (χ2n) is 8.86. The lowest BCUT2D eigenvalue weighted by molar-refractivity contribution is -0.127. The number of nitrogens with zero attached hydrogens (tertiary/aromatic N) is 1. The summed E-state index contributed by atoms with van der Waals surface area (Å²) in [5.74, 6) is -4.38. The topological polar surface area (TPSA) is 80.8 Å².